The first-order valence-electron chi connectivity index (χ1n) is 6.24. The van der Waals surface area contributed by atoms with Gasteiger partial charge in [-0.3, -0.25) is 4.79 Å². The summed E-state index contributed by atoms with van der Waals surface area (Å²) in [6, 6.07) is 3.97. The number of benzene rings is 1. The van der Waals surface area contributed by atoms with Crippen molar-refractivity contribution in [1.29, 1.82) is 0 Å². The van der Waals surface area contributed by atoms with E-state index in [0.717, 1.165) is 18.9 Å². The lowest BCUT2D eigenvalue weighted by Crippen LogP contribution is -2.44. The predicted molar refractivity (Wildman–Crippen MR) is 73.4 cm³/mol. The second kappa shape index (κ2) is 6.09. The van der Waals surface area contributed by atoms with Crippen LogP contribution in [0, 0.1) is 11.7 Å². The van der Waals surface area contributed by atoms with Crippen molar-refractivity contribution in [2.24, 2.45) is 16.8 Å². The minimum Gasteiger partial charge on any atom is -0.409 e. The van der Waals surface area contributed by atoms with Crippen molar-refractivity contribution in [3.8, 4) is 0 Å². The van der Waals surface area contributed by atoms with Crippen molar-refractivity contribution in [2.45, 2.75) is 12.8 Å². The standard InChI is InChI=1S/C13H15ClFN3O2/c14-10-4-3-8(6-11(10)15)13(19)18-5-1-2-9(7-18)12(16)17-20/h3-4,6,9,20H,1-2,5,7H2,(H2,16,17). The summed E-state index contributed by atoms with van der Waals surface area (Å²) in [5.41, 5.74) is 5.82. The van der Waals surface area contributed by atoms with Crippen molar-refractivity contribution < 1.29 is 14.4 Å². The fourth-order valence-corrected chi connectivity index (χ4v) is 2.41. The lowest BCUT2D eigenvalue weighted by atomic mass is 9.96. The van der Waals surface area contributed by atoms with E-state index in [-0.39, 0.29) is 28.2 Å². The molecule has 1 saturated heterocycles. The van der Waals surface area contributed by atoms with Gasteiger partial charge in [0, 0.05) is 24.6 Å². The first kappa shape index (κ1) is 14.6. The molecule has 1 aliphatic heterocycles. The van der Waals surface area contributed by atoms with Gasteiger partial charge in [-0.25, -0.2) is 4.39 Å². The number of likely N-dealkylation sites (tertiary alicyclic amines) is 1. The van der Waals surface area contributed by atoms with Gasteiger partial charge in [0.2, 0.25) is 0 Å². The number of nitrogens with zero attached hydrogens (tertiary/aromatic N) is 2. The number of amides is 1. The number of amidine groups is 1. The van der Waals surface area contributed by atoms with Gasteiger partial charge in [0.05, 0.1) is 5.02 Å². The molecule has 1 aliphatic rings. The van der Waals surface area contributed by atoms with Gasteiger partial charge in [0.25, 0.3) is 5.91 Å². The van der Waals surface area contributed by atoms with E-state index < -0.39 is 5.82 Å². The lowest BCUT2D eigenvalue weighted by Gasteiger charge is -2.32. The van der Waals surface area contributed by atoms with Crippen LogP contribution < -0.4 is 5.73 Å². The zero-order valence-corrected chi connectivity index (χ0v) is 11.5. The van der Waals surface area contributed by atoms with Gasteiger partial charge in [-0.05, 0) is 31.0 Å². The van der Waals surface area contributed by atoms with E-state index in [4.69, 9.17) is 22.5 Å². The molecule has 3 N–H and O–H groups in total. The molecular formula is C13H15ClFN3O2. The summed E-state index contributed by atoms with van der Waals surface area (Å²) in [5, 5.41) is 11.7. The van der Waals surface area contributed by atoms with E-state index >= 15 is 0 Å². The molecule has 2 rings (SSSR count). The number of piperidine rings is 1. The summed E-state index contributed by atoms with van der Waals surface area (Å²) in [5.74, 6) is -0.960. The Hall–Kier alpha value is -1.82. The van der Waals surface area contributed by atoms with Gasteiger partial charge in [-0.1, -0.05) is 16.8 Å². The average molecular weight is 300 g/mol. The van der Waals surface area contributed by atoms with E-state index in [9.17, 15) is 9.18 Å². The molecule has 0 radical (unpaired) electrons. The zero-order chi connectivity index (χ0) is 14.7. The molecule has 1 aromatic rings. The van der Waals surface area contributed by atoms with E-state index in [1.165, 1.54) is 12.1 Å². The normalized spacial score (nSPS) is 20.0. The second-order valence-corrected chi connectivity index (χ2v) is 5.15. The molecular weight excluding hydrogens is 285 g/mol. The quantitative estimate of drug-likeness (QED) is 0.380. The molecule has 1 aromatic carbocycles. The monoisotopic (exact) mass is 299 g/mol. The molecule has 0 saturated carbocycles. The first-order chi connectivity index (χ1) is 9.52. The molecule has 0 spiro atoms. The molecule has 0 aliphatic carbocycles. The minimum atomic E-state index is -0.623. The number of hydrogen-bond donors (Lipinski definition) is 2. The van der Waals surface area contributed by atoms with Gasteiger partial charge in [-0.15, -0.1) is 0 Å². The third-order valence-corrected chi connectivity index (χ3v) is 3.72. The number of nitrogens with two attached hydrogens (primary N) is 1. The Kier molecular flexibility index (Phi) is 4.44. The van der Waals surface area contributed by atoms with Crippen LogP contribution in [0.1, 0.15) is 23.2 Å². The highest BCUT2D eigenvalue weighted by Gasteiger charge is 2.27. The highest BCUT2D eigenvalue weighted by atomic mass is 35.5. The number of hydrogen-bond acceptors (Lipinski definition) is 3. The van der Waals surface area contributed by atoms with Gasteiger partial charge in [0.1, 0.15) is 11.7 Å². The van der Waals surface area contributed by atoms with Gasteiger partial charge in [0.15, 0.2) is 0 Å². The fraction of sp³-hybridized carbons (Fsp3) is 0.385. The van der Waals surface area contributed by atoms with Crippen LogP contribution in [0.4, 0.5) is 4.39 Å². The SMILES string of the molecule is N/C(=N/O)C1CCCN(C(=O)c2ccc(Cl)c(F)c2)C1. The van der Waals surface area contributed by atoms with Crippen molar-refractivity contribution in [2.75, 3.05) is 13.1 Å². The summed E-state index contributed by atoms with van der Waals surface area (Å²) in [6.07, 6.45) is 1.51. The Labute approximate surface area is 120 Å². The molecule has 5 nitrogen and oxygen atoms in total. The molecule has 1 amide bonds. The van der Waals surface area contributed by atoms with Gasteiger partial charge < -0.3 is 15.8 Å². The molecule has 7 heteroatoms. The summed E-state index contributed by atoms with van der Waals surface area (Å²) in [4.78, 5) is 13.9. The van der Waals surface area contributed by atoms with Gasteiger partial charge >= 0.3 is 0 Å². The van der Waals surface area contributed by atoms with Crippen LogP contribution in [0.3, 0.4) is 0 Å². The molecule has 1 fully saturated rings. The van der Waals surface area contributed by atoms with Crippen LogP contribution in [-0.2, 0) is 0 Å². The molecule has 108 valence electrons. The Balaban J connectivity index is 2.14. The molecule has 1 atom stereocenters. The van der Waals surface area contributed by atoms with Crippen LogP contribution in [0.25, 0.3) is 0 Å². The number of carbonyl (C=O) groups excluding carboxylic acids is 1. The zero-order valence-electron chi connectivity index (χ0n) is 10.7. The highest BCUT2D eigenvalue weighted by Crippen LogP contribution is 2.21. The second-order valence-electron chi connectivity index (χ2n) is 4.74. The first-order valence-corrected chi connectivity index (χ1v) is 6.62. The fourth-order valence-electron chi connectivity index (χ4n) is 2.30. The van der Waals surface area contributed by atoms with E-state index in [1.807, 2.05) is 0 Å². The summed E-state index contributed by atoms with van der Waals surface area (Å²) < 4.78 is 13.4. The van der Waals surface area contributed by atoms with E-state index in [0.29, 0.717) is 13.1 Å². The molecule has 0 bridgehead atoms. The van der Waals surface area contributed by atoms with Crippen molar-refractivity contribution in [1.82, 2.24) is 4.90 Å². The van der Waals surface area contributed by atoms with Crippen LogP contribution in [-0.4, -0.2) is 34.9 Å². The van der Waals surface area contributed by atoms with Crippen molar-refractivity contribution >= 4 is 23.3 Å². The number of halogens is 2. The van der Waals surface area contributed by atoms with Crippen LogP contribution >= 0.6 is 11.6 Å². The largest absolute Gasteiger partial charge is 0.409 e. The van der Waals surface area contributed by atoms with Crippen LogP contribution in [0.2, 0.25) is 5.02 Å². The summed E-state index contributed by atoms with van der Waals surface area (Å²) >= 11 is 5.59. The maximum absolute atomic E-state index is 13.4. The maximum atomic E-state index is 13.4. The number of rotatable bonds is 2. The third-order valence-electron chi connectivity index (χ3n) is 3.41. The predicted octanol–water partition coefficient (Wildman–Crippen LogP) is 2.08. The van der Waals surface area contributed by atoms with Gasteiger partial charge in [-0.2, -0.15) is 0 Å². The van der Waals surface area contributed by atoms with Crippen LogP contribution in [0.5, 0.6) is 0 Å². The molecule has 20 heavy (non-hydrogen) atoms. The number of carbonyl (C=O) groups is 1. The Bertz CT molecular complexity index is 550. The van der Waals surface area contributed by atoms with E-state index in [1.54, 1.807) is 4.90 Å². The molecule has 1 heterocycles. The summed E-state index contributed by atoms with van der Waals surface area (Å²) in [6.45, 7) is 0.928. The van der Waals surface area contributed by atoms with Crippen molar-refractivity contribution in [3.63, 3.8) is 0 Å². The molecule has 1 unspecified atom stereocenters. The smallest absolute Gasteiger partial charge is 0.253 e. The Morgan fingerprint density at radius 3 is 2.95 bits per heavy atom. The topological polar surface area (TPSA) is 78.9 Å². The number of oxime groups is 1. The third kappa shape index (κ3) is 3.01. The lowest BCUT2D eigenvalue weighted by molar-refractivity contribution is 0.0701. The van der Waals surface area contributed by atoms with Crippen molar-refractivity contribution in [3.05, 3.63) is 34.6 Å². The molecule has 0 aromatic heterocycles. The van der Waals surface area contributed by atoms with E-state index in [2.05, 4.69) is 5.16 Å². The summed E-state index contributed by atoms with van der Waals surface area (Å²) in [7, 11) is 0. The average Bonchev–Trinajstić information content (AvgIpc) is 2.48. The Morgan fingerprint density at radius 1 is 1.55 bits per heavy atom. The van der Waals surface area contributed by atoms with Crippen LogP contribution in [0.15, 0.2) is 23.4 Å². The highest BCUT2D eigenvalue weighted by molar-refractivity contribution is 6.30. The minimum absolute atomic E-state index is 0.0188. The Morgan fingerprint density at radius 2 is 2.30 bits per heavy atom. The maximum Gasteiger partial charge on any atom is 0.253 e.